The lowest BCUT2D eigenvalue weighted by atomic mass is 10.2. The quantitative estimate of drug-likeness (QED) is 0.693. The molecule has 0 bridgehead atoms. The Kier molecular flexibility index (Phi) is 3.11. The summed E-state index contributed by atoms with van der Waals surface area (Å²) >= 11 is 4.66. The SMILES string of the molecule is Oc1cc(C(F)(F)F)cc(I)c1Br. The molecule has 0 aliphatic heterocycles. The molecule has 0 aromatic heterocycles. The highest BCUT2D eigenvalue weighted by Gasteiger charge is 2.31. The minimum Gasteiger partial charge on any atom is -0.507 e. The van der Waals surface area contributed by atoms with Gasteiger partial charge in [0.25, 0.3) is 0 Å². The van der Waals surface area contributed by atoms with Gasteiger partial charge in [-0.15, -0.1) is 0 Å². The number of phenolic OH excluding ortho intramolecular Hbond substituents is 1. The zero-order chi connectivity index (χ0) is 10.2. The van der Waals surface area contributed by atoms with Crippen LogP contribution in [0.1, 0.15) is 5.56 Å². The largest absolute Gasteiger partial charge is 0.507 e. The Morgan fingerprint density at radius 2 is 1.85 bits per heavy atom. The Hall–Kier alpha value is 0.0200. The molecule has 1 aromatic carbocycles. The number of hydrogen-bond donors (Lipinski definition) is 1. The van der Waals surface area contributed by atoms with E-state index in [4.69, 9.17) is 5.11 Å². The predicted octanol–water partition coefficient (Wildman–Crippen LogP) is 3.78. The van der Waals surface area contributed by atoms with Crippen molar-refractivity contribution in [2.75, 3.05) is 0 Å². The molecule has 0 saturated heterocycles. The van der Waals surface area contributed by atoms with Gasteiger partial charge < -0.3 is 5.11 Å². The highest BCUT2D eigenvalue weighted by molar-refractivity contribution is 14.1. The van der Waals surface area contributed by atoms with Gasteiger partial charge in [-0.1, -0.05) is 0 Å². The normalized spacial score (nSPS) is 11.8. The third-order valence-corrected chi connectivity index (χ3v) is 3.76. The van der Waals surface area contributed by atoms with E-state index in [2.05, 4.69) is 15.9 Å². The van der Waals surface area contributed by atoms with E-state index in [0.29, 0.717) is 9.64 Å². The Balaban J connectivity index is 3.29. The molecule has 6 heteroatoms. The fourth-order valence-electron chi connectivity index (χ4n) is 0.738. The van der Waals surface area contributed by atoms with Crippen molar-refractivity contribution in [1.82, 2.24) is 0 Å². The molecule has 1 rings (SSSR count). The fourth-order valence-corrected chi connectivity index (χ4v) is 1.58. The average Bonchev–Trinajstić information content (AvgIpc) is 1.97. The topological polar surface area (TPSA) is 20.2 Å². The smallest absolute Gasteiger partial charge is 0.416 e. The second kappa shape index (κ2) is 3.64. The lowest BCUT2D eigenvalue weighted by Gasteiger charge is -2.08. The zero-order valence-corrected chi connectivity index (χ0v) is 9.74. The van der Waals surface area contributed by atoms with Crippen LogP contribution >= 0.6 is 38.5 Å². The standard InChI is InChI=1S/C7H3BrF3IO/c8-6-4(12)1-3(2-5(6)13)7(9,10)11/h1-2,13H. The maximum atomic E-state index is 12.1. The van der Waals surface area contributed by atoms with E-state index < -0.39 is 17.5 Å². The first-order valence-electron chi connectivity index (χ1n) is 3.07. The van der Waals surface area contributed by atoms with Crippen LogP contribution in [0.5, 0.6) is 5.75 Å². The average molecular weight is 367 g/mol. The molecule has 13 heavy (non-hydrogen) atoms. The Bertz CT molecular complexity index is 314. The molecular formula is C7H3BrF3IO. The summed E-state index contributed by atoms with van der Waals surface area (Å²) in [4.78, 5) is 0. The van der Waals surface area contributed by atoms with Gasteiger partial charge in [-0.05, 0) is 50.7 Å². The maximum Gasteiger partial charge on any atom is 0.416 e. The van der Waals surface area contributed by atoms with Gasteiger partial charge in [0.2, 0.25) is 0 Å². The Morgan fingerprint density at radius 3 is 2.23 bits per heavy atom. The van der Waals surface area contributed by atoms with E-state index in [1.807, 2.05) is 0 Å². The molecule has 0 saturated carbocycles. The van der Waals surface area contributed by atoms with Gasteiger partial charge in [0.15, 0.2) is 0 Å². The van der Waals surface area contributed by atoms with E-state index in [-0.39, 0.29) is 4.47 Å². The molecule has 0 spiro atoms. The monoisotopic (exact) mass is 366 g/mol. The van der Waals surface area contributed by atoms with Gasteiger partial charge in [-0.3, -0.25) is 0 Å². The number of phenols is 1. The van der Waals surface area contributed by atoms with Crippen molar-refractivity contribution in [2.24, 2.45) is 0 Å². The number of rotatable bonds is 0. The van der Waals surface area contributed by atoms with Crippen LogP contribution in [0.4, 0.5) is 13.2 Å². The summed E-state index contributed by atoms with van der Waals surface area (Å²) < 4.78 is 37.1. The second-order valence-corrected chi connectivity index (χ2v) is 4.24. The molecule has 1 aromatic rings. The number of benzene rings is 1. The highest BCUT2D eigenvalue weighted by Crippen LogP contribution is 2.37. The summed E-state index contributed by atoms with van der Waals surface area (Å²) in [5.41, 5.74) is -0.849. The third kappa shape index (κ3) is 2.49. The van der Waals surface area contributed by atoms with E-state index >= 15 is 0 Å². The van der Waals surface area contributed by atoms with E-state index in [9.17, 15) is 13.2 Å². The minimum absolute atomic E-state index is 0.279. The van der Waals surface area contributed by atoms with Gasteiger partial charge in [0.1, 0.15) is 5.75 Å². The van der Waals surface area contributed by atoms with Crippen LogP contribution in [0.3, 0.4) is 0 Å². The van der Waals surface area contributed by atoms with E-state index in [1.54, 1.807) is 22.6 Å². The Labute approximate surface area is 94.2 Å². The van der Waals surface area contributed by atoms with Crippen LogP contribution in [0.2, 0.25) is 0 Å². The number of alkyl halides is 3. The molecule has 1 N–H and O–H groups in total. The van der Waals surface area contributed by atoms with Crippen molar-refractivity contribution in [3.8, 4) is 5.75 Å². The van der Waals surface area contributed by atoms with Crippen molar-refractivity contribution >= 4 is 38.5 Å². The van der Waals surface area contributed by atoms with Crippen molar-refractivity contribution in [1.29, 1.82) is 0 Å². The molecule has 0 radical (unpaired) electrons. The molecule has 0 heterocycles. The number of halogens is 5. The summed E-state index contributed by atoms with van der Waals surface area (Å²) in [6.45, 7) is 0. The zero-order valence-electron chi connectivity index (χ0n) is 5.99. The highest BCUT2D eigenvalue weighted by atomic mass is 127. The predicted molar refractivity (Wildman–Crippen MR) is 53.5 cm³/mol. The van der Waals surface area contributed by atoms with Crippen LogP contribution in [0.25, 0.3) is 0 Å². The summed E-state index contributed by atoms with van der Waals surface area (Å²) in [7, 11) is 0. The summed E-state index contributed by atoms with van der Waals surface area (Å²) in [6.07, 6.45) is -4.42. The summed E-state index contributed by atoms with van der Waals surface area (Å²) in [5, 5.41) is 9.09. The van der Waals surface area contributed by atoms with E-state index in [1.165, 1.54) is 0 Å². The first kappa shape index (κ1) is 11.1. The van der Waals surface area contributed by atoms with Crippen LogP contribution in [-0.4, -0.2) is 5.11 Å². The fraction of sp³-hybridized carbons (Fsp3) is 0.143. The van der Waals surface area contributed by atoms with Crippen molar-refractivity contribution < 1.29 is 18.3 Å². The minimum atomic E-state index is -4.42. The molecule has 1 nitrogen and oxygen atoms in total. The Morgan fingerprint density at radius 1 is 1.31 bits per heavy atom. The van der Waals surface area contributed by atoms with E-state index in [0.717, 1.165) is 6.07 Å². The van der Waals surface area contributed by atoms with Gasteiger partial charge >= 0.3 is 6.18 Å². The van der Waals surface area contributed by atoms with Gasteiger partial charge in [0.05, 0.1) is 10.0 Å². The number of hydrogen-bond acceptors (Lipinski definition) is 1. The molecule has 0 amide bonds. The maximum absolute atomic E-state index is 12.1. The lowest BCUT2D eigenvalue weighted by molar-refractivity contribution is -0.137. The van der Waals surface area contributed by atoms with Crippen LogP contribution in [-0.2, 0) is 6.18 Å². The summed E-state index contributed by atoms with van der Waals surface area (Å²) in [6, 6.07) is 1.65. The van der Waals surface area contributed by atoms with Crippen LogP contribution in [0.15, 0.2) is 16.6 Å². The molecular weight excluding hydrogens is 364 g/mol. The van der Waals surface area contributed by atoms with Crippen molar-refractivity contribution in [2.45, 2.75) is 6.18 Å². The second-order valence-electron chi connectivity index (χ2n) is 2.29. The molecule has 72 valence electrons. The van der Waals surface area contributed by atoms with Crippen molar-refractivity contribution in [3.05, 3.63) is 25.7 Å². The third-order valence-electron chi connectivity index (χ3n) is 1.34. The summed E-state index contributed by atoms with van der Waals surface area (Å²) in [5.74, 6) is -0.403. The van der Waals surface area contributed by atoms with Crippen LogP contribution in [0, 0.1) is 3.57 Å². The van der Waals surface area contributed by atoms with Crippen molar-refractivity contribution in [3.63, 3.8) is 0 Å². The molecule has 0 atom stereocenters. The van der Waals surface area contributed by atoms with Gasteiger partial charge in [0, 0.05) is 3.57 Å². The molecule has 0 unspecified atom stereocenters. The lowest BCUT2D eigenvalue weighted by Crippen LogP contribution is -2.05. The first-order valence-corrected chi connectivity index (χ1v) is 4.94. The number of aromatic hydroxyl groups is 1. The van der Waals surface area contributed by atoms with Gasteiger partial charge in [-0.25, -0.2) is 0 Å². The van der Waals surface area contributed by atoms with Gasteiger partial charge in [-0.2, -0.15) is 13.2 Å². The molecule has 0 fully saturated rings. The first-order chi connectivity index (χ1) is 5.82. The molecule has 0 aliphatic carbocycles. The molecule has 0 aliphatic rings. The van der Waals surface area contributed by atoms with Crippen LogP contribution < -0.4 is 0 Å².